The largest absolute Gasteiger partial charge is 0.496 e. The maximum absolute atomic E-state index is 12.6. The average Bonchev–Trinajstić information content (AvgIpc) is 3.17. The van der Waals surface area contributed by atoms with E-state index in [4.69, 9.17) is 4.74 Å². The molecule has 31 heavy (non-hydrogen) atoms. The second kappa shape index (κ2) is 8.77. The van der Waals surface area contributed by atoms with Crippen molar-refractivity contribution in [2.45, 2.75) is 25.9 Å². The first kappa shape index (κ1) is 20.9. The van der Waals surface area contributed by atoms with Crippen molar-refractivity contribution >= 4 is 29.0 Å². The number of nitrogens with one attached hydrogen (secondary N) is 1. The molecule has 4 rings (SSSR count). The summed E-state index contributed by atoms with van der Waals surface area (Å²) < 4.78 is 7.10. The maximum Gasteiger partial charge on any atom is 0.234 e. The van der Waals surface area contributed by atoms with Crippen LogP contribution in [0.15, 0.2) is 53.7 Å². The lowest BCUT2D eigenvalue weighted by molar-refractivity contribution is -0.113. The molecule has 0 aliphatic rings. The number of ether oxygens (including phenoxy) is 1. The summed E-state index contributed by atoms with van der Waals surface area (Å²) in [5, 5.41) is 16.6. The molecule has 0 bridgehead atoms. The summed E-state index contributed by atoms with van der Waals surface area (Å²) in [6, 6.07) is 15.5. The van der Waals surface area contributed by atoms with Crippen LogP contribution in [0.4, 0.5) is 5.69 Å². The van der Waals surface area contributed by atoms with Crippen molar-refractivity contribution < 1.29 is 9.53 Å². The third-order valence-electron chi connectivity index (χ3n) is 4.89. The van der Waals surface area contributed by atoms with E-state index in [2.05, 4.69) is 32.7 Å². The number of carbonyl (C=O) groups excluding carboxylic acids is 1. The van der Waals surface area contributed by atoms with Crippen molar-refractivity contribution in [3.63, 3.8) is 0 Å². The highest BCUT2D eigenvalue weighted by Gasteiger charge is 2.14. The number of para-hydroxylation sites is 1. The van der Waals surface area contributed by atoms with Crippen molar-refractivity contribution in [1.82, 2.24) is 19.8 Å². The Balaban J connectivity index is 1.53. The molecule has 2 heterocycles. The fourth-order valence-corrected chi connectivity index (χ4v) is 4.23. The molecule has 1 amide bonds. The Hall–Kier alpha value is -3.39. The topological polar surface area (TPSA) is 81.4 Å². The molecule has 4 aromatic rings. The molecule has 1 N–H and O–H groups in total. The van der Waals surface area contributed by atoms with Gasteiger partial charge in [0.05, 0.1) is 18.6 Å². The van der Waals surface area contributed by atoms with Gasteiger partial charge in [0.15, 0.2) is 5.65 Å². The van der Waals surface area contributed by atoms with Crippen LogP contribution in [0.2, 0.25) is 0 Å². The van der Waals surface area contributed by atoms with Gasteiger partial charge in [-0.25, -0.2) is 0 Å². The van der Waals surface area contributed by atoms with E-state index < -0.39 is 0 Å². The lowest BCUT2D eigenvalue weighted by Gasteiger charge is -2.12. The third-order valence-corrected chi connectivity index (χ3v) is 5.81. The number of fused-ring (bicyclic) bond motifs is 1. The lowest BCUT2D eigenvalue weighted by atomic mass is 10.1. The van der Waals surface area contributed by atoms with Crippen LogP contribution in [0.25, 0.3) is 16.9 Å². The quantitative estimate of drug-likeness (QED) is 0.452. The molecule has 0 fully saturated rings. The first-order valence-electron chi connectivity index (χ1n) is 9.82. The van der Waals surface area contributed by atoms with Gasteiger partial charge >= 0.3 is 0 Å². The molecule has 0 aliphatic carbocycles. The van der Waals surface area contributed by atoms with Gasteiger partial charge in [-0.05, 0) is 56.2 Å². The van der Waals surface area contributed by atoms with E-state index in [1.165, 1.54) is 17.3 Å². The van der Waals surface area contributed by atoms with Crippen molar-refractivity contribution in [3.05, 3.63) is 65.2 Å². The maximum atomic E-state index is 12.6. The number of amides is 1. The van der Waals surface area contributed by atoms with Crippen LogP contribution in [0.5, 0.6) is 5.75 Å². The SMILES string of the molecule is COc1ccccc1-c1ccc2nnc(SCC(=O)Nc3c(C)cc(C)cc3C)n2n1. The number of thioether (sulfide) groups is 1. The Morgan fingerprint density at radius 1 is 1.06 bits per heavy atom. The van der Waals surface area contributed by atoms with E-state index in [0.717, 1.165) is 33.8 Å². The van der Waals surface area contributed by atoms with E-state index in [0.29, 0.717) is 10.8 Å². The molecule has 0 radical (unpaired) electrons. The summed E-state index contributed by atoms with van der Waals surface area (Å²) in [4.78, 5) is 12.6. The molecular weight excluding hydrogens is 410 g/mol. The van der Waals surface area contributed by atoms with Crippen LogP contribution in [0.1, 0.15) is 16.7 Å². The van der Waals surface area contributed by atoms with Gasteiger partial charge in [-0.1, -0.05) is 41.6 Å². The van der Waals surface area contributed by atoms with E-state index in [9.17, 15) is 4.79 Å². The van der Waals surface area contributed by atoms with Crippen molar-refractivity contribution in [1.29, 1.82) is 0 Å². The highest BCUT2D eigenvalue weighted by molar-refractivity contribution is 7.99. The number of benzene rings is 2. The zero-order valence-electron chi connectivity index (χ0n) is 17.8. The Labute approximate surface area is 184 Å². The van der Waals surface area contributed by atoms with Crippen molar-refractivity contribution in [3.8, 4) is 17.0 Å². The minimum absolute atomic E-state index is 0.0994. The van der Waals surface area contributed by atoms with E-state index in [1.807, 2.05) is 57.2 Å². The van der Waals surface area contributed by atoms with E-state index in [-0.39, 0.29) is 11.7 Å². The summed E-state index contributed by atoms with van der Waals surface area (Å²) in [6.45, 7) is 6.04. The first-order valence-corrected chi connectivity index (χ1v) is 10.8. The first-order chi connectivity index (χ1) is 15.0. The fraction of sp³-hybridized carbons (Fsp3) is 0.217. The lowest BCUT2D eigenvalue weighted by Crippen LogP contribution is -2.16. The van der Waals surface area contributed by atoms with Gasteiger partial charge in [0.25, 0.3) is 0 Å². The molecule has 0 saturated heterocycles. The van der Waals surface area contributed by atoms with Crippen LogP contribution in [0.3, 0.4) is 0 Å². The molecule has 0 aliphatic heterocycles. The number of rotatable bonds is 6. The Kier molecular flexibility index (Phi) is 5.90. The van der Waals surface area contributed by atoms with E-state index >= 15 is 0 Å². The number of aryl methyl sites for hydroxylation is 3. The van der Waals surface area contributed by atoms with Crippen molar-refractivity contribution in [2.75, 3.05) is 18.2 Å². The number of hydrogen-bond donors (Lipinski definition) is 1. The number of hydrogen-bond acceptors (Lipinski definition) is 6. The van der Waals surface area contributed by atoms with E-state index in [1.54, 1.807) is 11.6 Å². The molecule has 8 heteroatoms. The monoisotopic (exact) mass is 433 g/mol. The number of anilines is 1. The van der Waals surface area contributed by atoms with Crippen LogP contribution in [-0.4, -0.2) is 38.6 Å². The van der Waals surface area contributed by atoms with Crippen LogP contribution >= 0.6 is 11.8 Å². The summed E-state index contributed by atoms with van der Waals surface area (Å²) in [5.41, 5.74) is 6.36. The molecular formula is C23H23N5O2S. The fourth-order valence-electron chi connectivity index (χ4n) is 3.54. The smallest absolute Gasteiger partial charge is 0.234 e. The van der Waals surface area contributed by atoms with Crippen LogP contribution in [-0.2, 0) is 4.79 Å². The van der Waals surface area contributed by atoms with Crippen LogP contribution < -0.4 is 10.1 Å². The number of carbonyl (C=O) groups is 1. The second-order valence-corrected chi connectivity index (χ2v) is 8.22. The normalized spacial score (nSPS) is 11.0. The summed E-state index contributed by atoms with van der Waals surface area (Å²) in [6.07, 6.45) is 0. The molecule has 0 saturated carbocycles. The Morgan fingerprint density at radius 2 is 1.81 bits per heavy atom. The predicted molar refractivity (Wildman–Crippen MR) is 123 cm³/mol. The standard InChI is InChI=1S/C23H23N5O2S/c1-14-11-15(2)22(16(3)12-14)24-21(29)13-31-23-26-25-20-10-9-18(27-28(20)23)17-7-5-6-8-19(17)30-4/h5-12H,13H2,1-4H3,(H,24,29). The number of methoxy groups -OCH3 is 1. The van der Waals surface area contributed by atoms with Gasteiger partial charge in [0.2, 0.25) is 11.1 Å². The zero-order chi connectivity index (χ0) is 22.0. The molecule has 2 aromatic heterocycles. The highest BCUT2D eigenvalue weighted by Crippen LogP contribution is 2.29. The Morgan fingerprint density at radius 3 is 2.55 bits per heavy atom. The molecule has 7 nitrogen and oxygen atoms in total. The molecule has 2 aromatic carbocycles. The van der Waals surface area contributed by atoms with Gasteiger partial charge in [-0.2, -0.15) is 9.61 Å². The minimum Gasteiger partial charge on any atom is -0.496 e. The van der Waals surface area contributed by atoms with Crippen molar-refractivity contribution in [2.24, 2.45) is 0 Å². The Bertz CT molecular complexity index is 1250. The second-order valence-electron chi connectivity index (χ2n) is 7.28. The van der Waals surface area contributed by atoms with Gasteiger partial charge in [-0.15, -0.1) is 10.2 Å². The van der Waals surface area contributed by atoms with Crippen LogP contribution in [0, 0.1) is 20.8 Å². The molecule has 0 spiro atoms. The number of nitrogens with zero attached hydrogens (tertiary/aromatic N) is 4. The highest BCUT2D eigenvalue weighted by atomic mass is 32.2. The minimum atomic E-state index is -0.0994. The van der Waals surface area contributed by atoms with Gasteiger partial charge in [0.1, 0.15) is 5.75 Å². The summed E-state index contributed by atoms with van der Waals surface area (Å²) in [7, 11) is 1.63. The zero-order valence-corrected chi connectivity index (χ0v) is 18.7. The summed E-state index contributed by atoms with van der Waals surface area (Å²) in [5.74, 6) is 0.839. The summed E-state index contributed by atoms with van der Waals surface area (Å²) >= 11 is 1.30. The average molecular weight is 434 g/mol. The predicted octanol–water partition coefficient (Wildman–Crippen LogP) is 4.46. The molecule has 0 unspecified atom stereocenters. The third kappa shape index (κ3) is 4.39. The number of aromatic nitrogens is 4. The van der Waals surface area contributed by atoms with Gasteiger partial charge < -0.3 is 10.1 Å². The molecule has 0 atom stereocenters. The van der Waals surface area contributed by atoms with Gasteiger partial charge in [-0.3, -0.25) is 4.79 Å². The molecule has 158 valence electrons. The van der Waals surface area contributed by atoms with Gasteiger partial charge in [0, 0.05) is 11.3 Å².